The van der Waals surface area contributed by atoms with Crippen LogP contribution >= 0.6 is 11.3 Å². The second-order valence-electron chi connectivity index (χ2n) is 5.52. The van der Waals surface area contributed by atoms with E-state index in [4.69, 9.17) is 10.5 Å². The number of hydrogen-bond acceptors (Lipinski definition) is 5. The zero-order valence-electron chi connectivity index (χ0n) is 13.3. The fourth-order valence-corrected chi connectivity index (χ4v) is 3.74. The summed E-state index contributed by atoms with van der Waals surface area (Å²) in [5.74, 6) is 0.143. The summed E-state index contributed by atoms with van der Waals surface area (Å²) < 4.78 is 5.44. The lowest BCUT2D eigenvalue weighted by molar-refractivity contribution is 0.0636. The Hall–Kier alpha value is -2.38. The van der Waals surface area contributed by atoms with E-state index >= 15 is 0 Å². The first-order valence-corrected chi connectivity index (χ1v) is 8.52. The summed E-state index contributed by atoms with van der Waals surface area (Å²) in [5.41, 5.74) is 6.61. The minimum Gasteiger partial charge on any atom is -0.496 e. The Morgan fingerprint density at radius 1 is 1.38 bits per heavy atom. The molecule has 24 heavy (non-hydrogen) atoms. The Morgan fingerprint density at radius 2 is 2.17 bits per heavy atom. The van der Waals surface area contributed by atoms with Gasteiger partial charge in [0.05, 0.1) is 23.6 Å². The SMILES string of the molecule is COc1ccccc1C1CNCCN1C(=O)c1cc(C(N)=O)cs1. The first-order chi connectivity index (χ1) is 11.6. The summed E-state index contributed by atoms with van der Waals surface area (Å²) in [7, 11) is 1.62. The molecule has 2 heterocycles. The number of nitrogens with one attached hydrogen (secondary N) is 1. The predicted octanol–water partition coefficient (Wildman–Crippen LogP) is 1.64. The molecular formula is C17H19N3O3S. The van der Waals surface area contributed by atoms with Gasteiger partial charge in [-0.3, -0.25) is 9.59 Å². The number of methoxy groups -OCH3 is 1. The van der Waals surface area contributed by atoms with Crippen molar-refractivity contribution in [2.45, 2.75) is 6.04 Å². The molecule has 3 N–H and O–H groups in total. The van der Waals surface area contributed by atoms with Crippen molar-refractivity contribution in [2.75, 3.05) is 26.7 Å². The molecule has 3 rings (SSSR count). The molecule has 0 spiro atoms. The number of nitrogens with zero attached hydrogens (tertiary/aromatic N) is 1. The second kappa shape index (κ2) is 7.02. The number of rotatable bonds is 4. The molecule has 2 amide bonds. The zero-order valence-corrected chi connectivity index (χ0v) is 14.1. The number of carbonyl (C=O) groups excluding carboxylic acids is 2. The van der Waals surface area contributed by atoms with E-state index in [1.54, 1.807) is 18.6 Å². The van der Waals surface area contributed by atoms with E-state index in [0.717, 1.165) is 17.9 Å². The maximum absolute atomic E-state index is 12.9. The molecule has 7 heteroatoms. The Morgan fingerprint density at radius 3 is 2.88 bits per heavy atom. The van der Waals surface area contributed by atoms with Gasteiger partial charge in [-0.05, 0) is 12.1 Å². The average Bonchev–Trinajstić information content (AvgIpc) is 3.11. The summed E-state index contributed by atoms with van der Waals surface area (Å²) >= 11 is 1.24. The molecule has 6 nitrogen and oxygen atoms in total. The number of para-hydroxylation sites is 1. The first-order valence-electron chi connectivity index (χ1n) is 7.64. The van der Waals surface area contributed by atoms with Crippen LogP contribution in [0.5, 0.6) is 5.75 Å². The maximum atomic E-state index is 12.9. The van der Waals surface area contributed by atoms with Crippen molar-refractivity contribution >= 4 is 23.2 Å². The number of nitrogens with two attached hydrogens (primary N) is 1. The van der Waals surface area contributed by atoms with Crippen LogP contribution < -0.4 is 15.8 Å². The maximum Gasteiger partial charge on any atom is 0.264 e. The molecule has 1 saturated heterocycles. The van der Waals surface area contributed by atoms with Gasteiger partial charge in [0.25, 0.3) is 5.91 Å². The van der Waals surface area contributed by atoms with Crippen molar-refractivity contribution in [2.24, 2.45) is 5.73 Å². The standard InChI is InChI=1S/C17H19N3O3S/c1-23-14-5-3-2-4-12(14)13-9-19-6-7-20(13)17(22)15-8-11(10-24-15)16(18)21/h2-5,8,10,13,19H,6-7,9H2,1H3,(H2,18,21). The van der Waals surface area contributed by atoms with Crippen LogP contribution in [0.3, 0.4) is 0 Å². The van der Waals surface area contributed by atoms with Crippen molar-refractivity contribution in [3.05, 3.63) is 51.7 Å². The molecule has 0 radical (unpaired) electrons. The van der Waals surface area contributed by atoms with Gasteiger partial charge in [-0.15, -0.1) is 11.3 Å². The number of benzene rings is 1. The van der Waals surface area contributed by atoms with E-state index in [-0.39, 0.29) is 11.9 Å². The molecular weight excluding hydrogens is 326 g/mol. The smallest absolute Gasteiger partial charge is 0.264 e. The molecule has 1 atom stereocenters. The molecule has 0 bridgehead atoms. The van der Waals surface area contributed by atoms with Crippen LogP contribution in [0, 0.1) is 0 Å². The molecule has 0 saturated carbocycles. The van der Waals surface area contributed by atoms with Crippen molar-refractivity contribution in [3.8, 4) is 5.75 Å². The molecule has 1 fully saturated rings. The van der Waals surface area contributed by atoms with Gasteiger partial charge in [-0.1, -0.05) is 18.2 Å². The van der Waals surface area contributed by atoms with Crippen molar-refractivity contribution in [1.29, 1.82) is 0 Å². The molecule has 126 valence electrons. The summed E-state index contributed by atoms with van der Waals surface area (Å²) in [6, 6.07) is 9.15. The summed E-state index contributed by atoms with van der Waals surface area (Å²) in [5, 5.41) is 4.95. The molecule has 2 aromatic rings. The minimum atomic E-state index is -0.521. The van der Waals surface area contributed by atoms with E-state index in [9.17, 15) is 9.59 Å². The van der Waals surface area contributed by atoms with E-state index in [2.05, 4.69) is 5.32 Å². The highest BCUT2D eigenvalue weighted by Crippen LogP contribution is 2.31. The third-order valence-electron chi connectivity index (χ3n) is 4.10. The number of ether oxygens (including phenoxy) is 1. The number of amides is 2. The lowest BCUT2D eigenvalue weighted by Crippen LogP contribution is -2.48. The number of carbonyl (C=O) groups is 2. The topological polar surface area (TPSA) is 84.7 Å². The summed E-state index contributed by atoms with van der Waals surface area (Å²) in [6.45, 7) is 1.97. The van der Waals surface area contributed by atoms with Crippen LogP contribution in [-0.2, 0) is 0 Å². The monoisotopic (exact) mass is 345 g/mol. The lowest BCUT2D eigenvalue weighted by atomic mass is 10.0. The van der Waals surface area contributed by atoms with Crippen molar-refractivity contribution in [3.63, 3.8) is 0 Å². The Kier molecular flexibility index (Phi) is 4.82. The van der Waals surface area contributed by atoms with E-state index < -0.39 is 5.91 Å². The van der Waals surface area contributed by atoms with Crippen molar-refractivity contribution in [1.82, 2.24) is 10.2 Å². The number of hydrogen-bond donors (Lipinski definition) is 2. The summed E-state index contributed by atoms with van der Waals surface area (Å²) in [4.78, 5) is 26.5. The van der Waals surface area contributed by atoms with Crippen LogP contribution in [0.25, 0.3) is 0 Å². The highest BCUT2D eigenvalue weighted by atomic mass is 32.1. The minimum absolute atomic E-state index is 0.0927. The third kappa shape index (κ3) is 3.13. The van der Waals surface area contributed by atoms with Gasteiger partial charge >= 0.3 is 0 Å². The Balaban J connectivity index is 1.91. The largest absolute Gasteiger partial charge is 0.496 e. The van der Waals surface area contributed by atoms with Gasteiger partial charge in [-0.25, -0.2) is 0 Å². The highest BCUT2D eigenvalue weighted by molar-refractivity contribution is 7.12. The van der Waals surface area contributed by atoms with E-state index in [1.807, 2.05) is 29.2 Å². The molecule has 1 aliphatic heterocycles. The van der Waals surface area contributed by atoms with Gasteiger partial charge in [0.2, 0.25) is 5.91 Å². The van der Waals surface area contributed by atoms with Gasteiger partial charge in [-0.2, -0.15) is 0 Å². The highest BCUT2D eigenvalue weighted by Gasteiger charge is 2.31. The molecule has 1 aromatic heterocycles. The number of thiophene rings is 1. The predicted molar refractivity (Wildman–Crippen MR) is 92.5 cm³/mol. The molecule has 1 aliphatic rings. The number of primary amides is 1. The quantitative estimate of drug-likeness (QED) is 0.882. The normalized spacial score (nSPS) is 17.5. The van der Waals surface area contributed by atoms with Crippen molar-refractivity contribution < 1.29 is 14.3 Å². The Labute approximate surface area is 144 Å². The molecule has 0 aliphatic carbocycles. The van der Waals surface area contributed by atoms with Gasteiger partial charge in [0.15, 0.2) is 0 Å². The second-order valence-corrected chi connectivity index (χ2v) is 6.44. The van der Waals surface area contributed by atoms with Crippen LogP contribution in [0.4, 0.5) is 0 Å². The van der Waals surface area contributed by atoms with Gasteiger partial charge in [0, 0.05) is 30.6 Å². The average molecular weight is 345 g/mol. The van der Waals surface area contributed by atoms with E-state index in [0.29, 0.717) is 23.5 Å². The van der Waals surface area contributed by atoms with Gasteiger partial charge in [0.1, 0.15) is 5.75 Å². The zero-order chi connectivity index (χ0) is 17.1. The Bertz CT molecular complexity index is 759. The lowest BCUT2D eigenvalue weighted by Gasteiger charge is -2.36. The van der Waals surface area contributed by atoms with Gasteiger partial charge < -0.3 is 20.7 Å². The molecule has 1 aromatic carbocycles. The summed E-state index contributed by atoms with van der Waals surface area (Å²) in [6.07, 6.45) is 0. The van der Waals surface area contributed by atoms with E-state index in [1.165, 1.54) is 11.3 Å². The van der Waals surface area contributed by atoms with Crippen LogP contribution in [-0.4, -0.2) is 43.5 Å². The van der Waals surface area contributed by atoms with Crippen LogP contribution in [0.2, 0.25) is 0 Å². The van der Waals surface area contributed by atoms with Crippen LogP contribution in [0.15, 0.2) is 35.7 Å². The fourth-order valence-electron chi connectivity index (χ4n) is 2.89. The molecule has 1 unspecified atom stereocenters. The number of piperazine rings is 1. The third-order valence-corrected chi connectivity index (χ3v) is 5.02. The fraction of sp³-hybridized carbons (Fsp3) is 0.294. The first kappa shape index (κ1) is 16.5. The van der Waals surface area contributed by atoms with Crippen LogP contribution in [0.1, 0.15) is 31.6 Å².